The number of ketones is 1. The van der Waals surface area contributed by atoms with Crippen molar-refractivity contribution >= 4 is 21.7 Å². The Bertz CT molecular complexity index is 1130. The Morgan fingerprint density at radius 2 is 2.00 bits per heavy atom. The fourth-order valence-corrected chi connectivity index (χ4v) is 4.50. The zero-order valence-corrected chi connectivity index (χ0v) is 18.6. The van der Waals surface area contributed by atoms with Gasteiger partial charge < -0.3 is 19.9 Å². The number of carbonyl (C=O) groups is 1. The van der Waals surface area contributed by atoms with Gasteiger partial charge in [-0.15, -0.1) is 0 Å². The minimum atomic E-state index is -0.618. The molecular weight excluding hydrogens is 460 g/mol. The first kappa shape index (κ1) is 21.0. The number of hydrogen-bond acceptors (Lipinski definition) is 6. The Kier molecular flexibility index (Phi) is 6.01. The highest BCUT2D eigenvalue weighted by Crippen LogP contribution is 2.47. The monoisotopic (exact) mass is 480 g/mol. The van der Waals surface area contributed by atoms with Gasteiger partial charge >= 0.3 is 0 Å². The van der Waals surface area contributed by atoms with Gasteiger partial charge in [-0.2, -0.15) is 5.26 Å². The summed E-state index contributed by atoms with van der Waals surface area (Å²) in [6, 6.07) is 15.5. The molecule has 2 N–H and O–H groups in total. The van der Waals surface area contributed by atoms with Crippen LogP contribution in [-0.2, 0) is 16.1 Å². The number of methoxy groups -OCH3 is 1. The van der Waals surface area contributed by atoms with E-state index < -0.39 is 5.92 Å². The summed E-state index contributed by atoms with van der Waals surface area (Å²) >= 11 is 3.60. The van der Waals surface area contributed by atoms with Crippen molar-refractivity contribution in [2.75, 3.05) is 7.11 Å². The molecule has 1 aliphatic heterocycles. The van der Waals surface area contributed by atoms with E-state index in [1.54, 1.807) is 19.2 Å². The van der Waals surface area contributed by atoms with E-state index >= 15 is 0 Å². The average Bonchev–Trinajstić information content (AvgIpc) is 2.78. The smallest absolute Gasteiger partial charge is 0.205 e. The van der Waals surface area contributed by atoms with Crippen LogP contribution in [0.3, 0.4) is 0 Å². The molecule has 1 aliphatic carbocycles. The first-order valence-corrected chi connectivity index (χ1v) is 10.7. The molecule has 6 nitrogen and oxygen atoms in total. The molecule has 0 saturated heterocycles. The van der Waals surface area contributed by atoms with E-state index in [4.69, 9.17) is 19.9 Å². The zero-order valence-electron chi connectivity index (χ0n) is 17.0. The second-order valence-electron chi connectivity index (χ2n) is 7.34. The zero-order chi connectivity index (χ0) is 22.0. The molecule has 0 amide bonds. The fourth-order valence-electron chi connectivity index (χ4n) is 3.95. The summed E-state index contributed by atoms with van der Waals surface area (Å²) in [5.41, 5.74) is 8.50. The Hall–Kier alpha value is -3.24. The number of allylic oxidation sites excluding steroid dienone is 3. The first-order valence-electron chi connectivity index (χ1n) is 9.91. The van der Waals surface area contributed by atoms with Crippen LogP contribution in [0.25, 0.3) is 0 Å². The summed E-state index contributed by atoms with van der Waals surface area (Å²) in [6.45, 7) is 0.379. The average molecular weight is 481 g/mol. The van der Waals surface area contributed by atoms with Crippen molar-refractivity contribution in [3.63, 3.8) is 0 Å². The first-order chi connectivity index (χ1) is 15.0. The molecule has 158 valence electrons. The lowest BCUT2D eigenvalue weighted by atomic mass is 9.77. The van der Waals surface area contributed by atoms with Gasteiger partial charge in [0.15, 0.2) is 17.3 Å². The molecule has 1 heterocycles. The van der Waals surface area contributed by atoms with Gasteiger partial charge in [0.2, 0.25) is 5.88 Å². The van der Waals surface area contributed by atoms with Crippen LogP contribution < -0.4 is 15.2 Å². The molecule has 0 fully saturated rings. The quantitative estimate of drug-likeness (QED) is 0.656. The van der Waals surface area contributed by atoms with Crippen molar-refractivity contribution < 1.29 is 19.0 Å². The maximum absolute atomic E-state index is 12.8. The molecule has 0 saturated carbocycles. The second kappa shape index (κ2) is 8.86. The van der Waals surface area contributed by atoms with Crippen LogP contribution in [0, 0.1) is 11.3 Å². The van der Waals surface area contributed by atoms with Crippen LogP contribution in [0.2, 0.25) is 0 Å². The summed E-state index contributed by atoms with van der Waals surface area (Å²) in [6.07, 6.45) is 1.74. The van der Waals surface area contributed by atoms with Gasteiger partial charge in [-0.05, 0) is 29.7 Å². The van der Waals surface area contributed by atoms with Gasteiger partial charge in [-0.3, -0.25) is 4.79 Å². The molecule has 0 radical (unpaired) electrons. The lowest BCUT2D eigenvalue weighted by Gasteiger charge is -2.31. The SMILES string of the molecule is COc1cc(C2C(C#N)=C(N)OC3=C2C(=O)CCC3)c(Br)cc1OCc1ccccc1. The third-order valence-corrected chi connectivity index (χ3v) is 6.12. The van der Waals surface area contributed by atoms with Crippen LogP contribution >= 0.6 is 15.9 Å². The van der Waals surface area contributed by atoms with E-state index in [9.17, 15) is 10.1 Å². The van der Waals surface area contributed by atoms with Gasteiger partial charge in [0.25, 0.3) is 0 Å². The second-order valence-corrected chi connectivity index (χ2v) is 8.19. The molecule has 0 spiro atoms. The summed E-state index contributed by atoms with van der Waals surface area (Å²) in [5.74, 6) is 0.995. The van der Waals surface area contributed by atoms with Gasteiger partial charge in [-0.1, -0.05) is 46.3 Å². The molecule has 0 aromatic heterocycles. The van der Waals surface area contributed by atoms with Crippen molar-refractivity contribution in [2.45, 2.75) is 31.8 Å². The number of rotatable bonds is 5. The molecule has 2 aliphatic rings. The molecule has 2 aromatic rings. The van der Waals surface area contributed by atoms with E-state index in [1.807, 2.05) is 30.3 Å². The van der Waals surface area contributed by atoms with Crippen molar-refractivity contribution in [3.05, 3.63) is 80.9 Å². The third-order valence-electron chi connectivity index (χ3n) is 5.44. The van der Waals surface area contributed by atoms with Crippen molar-refractivity contribution in [2.24, 2.45) is 5.73 Å². The van der Waals surface area contributed by atoms with E-state index in [-0.39, 0.29) is 17.2 Å². The number of ether oxygens (including phenoxy) is 3. The fraction of sp³-hybridized carbons (Fsp3) is 0.250. The van der Waals surface area contributed by atoms with Crippen LogP contribution in [0.15, 0.2) is 69.7 Å². The largest absolute Gasteiger partial charge is 0.493 e. The highest BCUT2D eigenvalue weighted by molar-refractivity contribution is 9.10. The van der Waals surface area contributed by atoms with Gasteiger partial charge in [0.1, 0.15) is 24.0 Å². The minimum Gasteiger partial charge on any atom is -0.493 e. The Balaban J connectivity index is 1.75. The summed E-state index contributed by atoms with van der Waals surface area (Å²) in [5, 5.41) is 9.78. The van der Waals surface area contributed by atoms with Crippen LogP contribution in [0.4, 0.5) is 0 Å². The lowest BCUT2D eigenvalue weighted by molar-refractivity contribution is -0.116. The summed E-state index contributed by atoms with van der Waals surface area (Å²) < 4.78 is 17.9. The van der Waals surface area contributed by atoms with Crippen LogP contribution in [0.1, 0.15) is 36.3 Å². The Morgan fingerprint density at radius 1 is 1.23 bits per heavy atom. The Labute approximate surface area is 189 Å². The van der Waals surface area contributed by atoms with Crippen molar-refractivity contribution in [3.8, 4) is 17.6 Å². The molecular formula is C24H21BrN2O4. The van der Waals surface area contributed by atoms with Crippen LogP contribution in [0.5, 0.6) is 11.5 Å². The normalized spacial score (nSPS) is 18.2. The third kappa shape index (κ3) is 4.04. The predicted molar refractivity (Wildman–Crippen MR) is 118 cm³/mol. The van der Waals surface area contributed by atoms with Crippen LogP contribution in [-0.4, -0.2) is 12.9 Å². The number of carbonyl (C=O) groups excluding carboxylic acids is 1. The van der Waals surface area contributed by atoms with Crippen molar-refractivity contribution in [1.29, 1.82) is 5.26 Å². The summed E-state index contributed by atoms with van der Waals surface area (Å²) in [7, 11) is 1.55. The lowest BCUT2D eigenvalue weighted by Crippen LogP contribution is -2.27. The van der Waals surface area contributed by atoms with Crippen molar-refractivity contribution in [1.82, 2.24) is 0 Å². The maximum atomic E-state index is 12.8. The van der Waals surface area contributed by atoms with E-state index in [1.165, 1.54) is 0 Å². The highest BCUT2D eigenvalue weighted by atomic mass is 79.9. The number of Topliss-reactive ketones (excluding diaryl/α,β-unsaturated/α-hetero) is 1. The highest BCUT2D eigenvalue weighted by Gasteiger charge is 2.39. The molecule has 31 heavy (non-hydrogen) atoms. The Morgan fingerprint density at radius 3 is 2.71 bits per heavy atom. The molecule has 0 bridgehead atoms. The van der Waals surface area contributed by atoms with Gasteiger partial charge in [0, 0.05) is 22.9 Å². The topological polar surface area (TPSA) is 94.6 Å². The molecule has 1 unspecified atom stereocenters. The standard InChI is InChI=1S/C24H21BrN2O4/c1-29-20-10-15(17(25)11-21(20)30-13-14-6-3-2-4-7-14)22-16(12-26)24(27)31-19-9-5-8-18(28)23(19)22/h2-4,6-7,10-11,22H,5,8-9,13,27H2,1H3. The molecule has 7 heteroatoms. The number of hydrogen-bond donors (Lipinski definition) is 1. The maximum Gasteiger partial charge on any atom is 0.205 e. The number of nitriles is 1. The van der Waals surface area contributed by atoms with E-state index in [0.717, 1.165) is 5.56 Å². The number of halogens is 1. The molecule has 4 rings (SSSR count). The van der Waals surface area contributed by atoms with Gasteiger partial charge in [-0.25, -0.2) is 0 Å². The number of nitrogens with zero attached hydrogens (tertiary/aromatic N) is 1. The summed E-state index contributed by atoms with van der Waals surface area (Å²) in [4.78, 5) is 12.8. The van der Waals surface area contributed by atoms with E-state index in [2.05, 4.69) is 22.0 Å². The minimum absolute atomic E-state index is 0.0261. The number of benzene rings is 2. The molecule has 1 atom stereocenters. The van der Waals surface area contributed by atoms with Gasteiger partial charge in [0.05, 0.1) is 13.0 Å². The predicted octanol–water partition coefficient (Wildman–Crippen LogP) is 4.85. The molecule has 2 aromatic carbocycles. The van der Waals surface area contributed by atoms with E-state index in [0.29, 0.717) is 58.7 Å². The number of nitrogens with two attached hydrogens (primary N) is 1.